The highest BCUT2D eigenvalue weighted by atomic mass is 35.5. The van der Waals surface area contributed by atoms with E-state index in [1.165, 1.54) is 24.5 Å². The number of nitrogens with zero attached hydrogens (tertiary/aromatic N) is 5. The van der Waals surface area contributed by atoms with E-state index in [0.717, 1.165) is 0 Å². The molecule has 0 N–H and O–H groups in total. The van der Waals surface area contributed by atoms with Crippen molar-refractivity contribution in [3.8, 4) is 0 Å². The van der Waals surface area contributed by atoms with Gasteiger partial charge in [-0.1, -0.05) is 0 Å². The molecule has 20 heavy (non-hydrogen) atoms. The third kappa shape index (κ3) is 2.19. The molecule has 0 saturated heterocycles. The minimum absolute atomic E-state index is 0.239. The number of fused-ring (bicyclic) bond motifs is 1. The van der Waals surface area contributed by atoms with Crippen LogP contribution in [-0.4, -0.2) is 19.5 Å². The lowest BCUT2D eigenvalue weighted by atomic mass is 10.3. The monoisotopic (exact) mass is 287 g/mol. The molecule has 3 rings (SSSR count). The smallest absolute Gasteiger partial charge is 0.222 e. The quantitative estimate of drug-likeness (QED) is 0.680. The molecule has 0 atom stereocenters. The number of hydrogen-bond acceptors (Lipinski definition) is 3. The molecule has 2 heterocycles. The van der Waals surface area contributed by atoms with Crippen LogP contribution in [0.25, 0.3) is 15.9 Å². The van der Waals surface area contributed by atoms with Crippen molar-refractivity contribution in [1.82, 2.24) is 19.5 Å². The molecule has 0 aliphatic heterocycles. The molecule has 2 aromatic heterocycles. The van der Waals surface area contributed by atoms with Crippen molar-refractivity contribution >= 4 is 28.3 Å². The summed E-state index contributed by atoms with van der Waals surface area (Å²) in [5.74, 6) is 0.113. The molecule has 1 aromatic carbocycles. The van der Waals surface area contributed by atoms with Crippen LogP contribution in [0.15, 0.2) is 30.6 Å². The molecule has 3 aromatic rings. The summed E-state index contributed by atoms with van der Waals surface area (Å²) >= 11 is 6.05. The maximum atomic E-state index is 13.3. The SMILES string of the molecule is [C-]#[N+]c1cnc(Cn2c(Cl)nc3ccc(F)cc32)nc1. The van der Waals surface area contributed by atoms with Gasteiger partial charge in [0.2, 0.25) is 11.0 Å². The van der Waals surface area contributed by atoms with Crippen LogP contribution in [0, 0.1) is 12.4 Å². The molecule has 0 fully saturated rings. The first-order valence-electron chi connectivity index (χ1n) is 5.67. The Morgan fingerprint density at radius 3 is 2.75 bits per heavy atom. The normalized spacial score (nSPS) is 10.7. The highest BCUT2D eigenvalue weighted by molar-refractivity contribution is 6.29. The van der Waals surface area contributed by atoms with Crippen LogP contribution in [0.4, 0.5) is 10.1 Å². The number of imidazole rings is 1. The van der Waals surface area contributed by atoms with Gasteiger partial charge in [-0.05, 0) is 29.8 Å². The van der Waals surface area contributed by atoms with Crippen LogP contribution in [-0.2, 0) is 6.54 Å². The topological polar surface area (TPSA) is 48.0 Å². The second-order valence-corrected chi connectivity index (χ2v) is 4.41. The lowest BCUT2D eigenvalue weighted by molar-refractivity contribution is 0.628. The van der Waals surface area contributed by atoms with Crippen molar-refractivity contribution in [2.24, 2.45) is 0 Å². The Morgan fingerprint density at radius 1 is 1.30 bits per heavy atom. The van der Waals surface area contributed by atoms with Crippen LogP contribution < -0.4 is 0 Å². The highest BCUT2D eigenvalue weighted by Gasteiger charge is 2.11. The third-order valence-corrected chi connectivity index (χ3v) is 3.07. The Morgan fingerprint density at radius 2 is 2.05 bits per heavy atom. The molecule has 0 aliphatic rings. The molecule has 0 aliphatic carbocycles. The van der Waals surface area contributed by atoms with Crippen molar-refractivity contribution < 1.29 is 4.39 Å². The summed E-state index contributed by atoms with van der Waals surface area (Å²) in [7, 11) is 0. The molecule has 7 heteroatoms. The van der Waals surface area contributed by atoms with Crippen molar-refractivity contribution in [2.45, 2.75) is 6.54 Å². The van der Waals surface area contributed by atoms with Gasteiger partial charge in [-0.3, -0.25) is 9.97 Å². The Labute approximate surface area is 118 Å². The van der Waals surface area contributed by atoms with Gasteiger partial charge >= 0.3 is 0 Å². The summed E-state index contributed by atoms with van der Waals surface area (Å²) in [5.41, 5.74) is 1.54. The number of hydrogen-bond donors (Lipinski definition) is 0. The molecular weight excluding hydrogens is 281 g/mol. The van der Waals surface area contributed by atoms with Gasteiger partial charge in [-0.25, -0.2) is 14.2 Å². The van der Waals surface area contributed by atoms with Gasteiger partial charge in [-0.2, -0.15) is 0 Å². The number of rotatable bonds is 2. The summed E-state index contributed by atoms with van der Waals surface area (Å²) in [5, 5.41) is 0.239. The maximum Gasteiger partial charge on any atom is 0.222 e. The summed E-state index contributed by atoms with van der Waals surface area (Å²) in [6.45, 7) is 7.10. The third-order valence-electron chi connectivity index (χ3n) is 2.78. The second-order valence-electron chi connectivity index (χ2n) is 4.07. The Bertz CT molecular complexity index is 819. The van der Waals surface area contributed by atoms with Crippen molar-refractivity contribution in [2.75, 3.05) is 0 Å². The summed E-state index contributed by atoms with van der Waals surface area (Å²) in [4.78, 5) is 15.5. The van der Waals surface area contributed by atoms with E-state index < -0.39 is 0 Å². The maximum absolute atomic E-state index is 13.3. The Hall–Kier alpha value is -2.52. The van der Waals surface area contributed by atoms with E-state index in [9.17, 15) is 4.39 Å². The zero-order valence-corrected chi connectivity index (χ0v) is 10.8. The fourth-order valence-corrected chi connectivity index (χ4v) is 2.09. The van der Waals surface area contributed by atoms with Gasteiger partial charge in [0, 0.05) is 12.4 Å². The first-order valence-corrected chi connectivity index (χ1v) is 6.05. The zero-order chi connectivity index (χ0) is 14.1. The second kappa shape index (κ2) is 4.87. The molecular formula is C13H7ClFN5. The predicted octanol–water partition coefficient (Wildman–Crippen LogP) is 3.22. The molecule has 0 radical (unpaired) electrons. The van der Waals surface area contributed by atoms with Gasteiger partial charge in [0.05, 0.1) is 24.2 Å². The largest absolute Gasteiger partial charge is 0.307 e. The minimum Gasteiger partial charge on any atom is -0.307 e. The summed E-state index contributed by atoms with van der Waals surface area (Å²) < 4.78 is 14.9. The Kier molecular flexibility index (Phi) is 3.05. The van der Waals surface area contributed by atoms with E-state index in [1.54, 1.807) is 10.6 Å². The zero-order valence-electron chi connectivity index (χ0n) is 10.1. The van der Waals surface area contributed by atoms with Crippen LogP contribution in [0.2, 0.25) is 5.28 Å². The van der Waals surface area contributed by atoms with E-state index in [1.807, 2.05) is 0 Å². The number of aromatic nitrogens is 4. The lowest BCUT2D eigenvalue weighted by Crippen LogP contribution is -2.04. The number of halogens is 2. The molecule has 5 nitrogen and oxygen atoms in total. The lowest BCUT2D eigenvalue weighted by Gasteiger charge is -2.04. The van der Waals surface area contributed by atoms with Gasteiger partial charge in [-0.15, -0.1) is 0 Å². The standard InChI is InChI=1S/C13H7ClFN5/c1-16-9-5-17-12(18-6-9)7-20-11-4-8(15)2-3-10(11)19-13(20)14/h2-6H,7H2. The van der Waals surface area contributed by atoms with Crippen LogP contribution >= 0.6 is 11.6 Å². The average Bonchev–Trinajstić information content (AvgIpc) is 2.76. The molecule has 0 saturated carbocycles. The average molecular weight is 288 g/mol. The van der Waals surface area contributed by atoms with Gasteiger partial charge in [0.25, 0.3) is 0 Å². The molecule has 0 bridgehead atoms. The molecule has 98 valence electrons. The summed E-state index contributed by atoms with van der Waals surface area (Å²) in [6.07, 6.45) is 2.87. The van der Waals surface area contributed by atoms with E-state index in [-0.39, 0.29) is 17.6 Å². The van der Waals surface area contributed by atoms with Gasteiger partial charge < -0.3 is 4.57 Å². The van der Waals surface area contributed by atoms with E-state index in [2.05, 4.69) is 19.8 Å². The Balaban J connectivity index is 2.03. The van der Waals surface area contributed by atoms with E-state index >= 15 is 0 Å². The van der Waals surface area contributed by atoms with Gasteiger partial charge in [0.15, 0.2) is 0 Å². The van der Waals surface area contributed by atoms with Crippen molar-refractivity contribution in [3.63, 3.8) is 0 Å². The van der Waals surface area contributed by atoms with E-state index in [4.69, 9.17) is 18.2 Å². The predicted molar refractivity (Wildman–Crippen MR) is 72.1 cm³/mol. The van der Waals surface area contributed by atoms with Crippen molar-refractivity contribution in [1.29, 1.82) is 0 Å². The number of benzene rings is 1. The van der Waals surface area contributed by atoms with Crippen LogP contribution in [0.1, 0.15) is 5.82 Å². The molecule has 0 unspecified atom stereocenters. The molecule has 0 amide bonds. The highest BCUT2D eigenvalue weighted by Crippen LogP contribution is 2.21. The first-order chi connectivity index (χ1) is 9.67. The van der Waals surface area contributed by atoms with Crippen LogP contribution in [0.5, 0.6) is 0 Å². The molecule has 0 spiro atoms. The fourth-order valence-electron chi connectivity index (χ4n) is 1.85. The van der Waals surface area contributed by atoms with Gasteiger partial charge in [0.1, 0.15) is 11.6 Å². The fraction of sp³-hybridized carbons (Fsp3) is 0.0769. The first kappa shape index (κ1) is 12.5. The van der Waals surface area contributed by atoms with E-state index in [0.29, 0.717) is 22.5 Å². The van der Waals surface area contributed by atoms with Crippen LogP contribution in [0.3, 0.4) is 0 Å². The summed E-state index contributed by atoms with van der Waals surface area (Å²) in [6, 6.07) is 4.26. The van der Waals surface area contributed by atoms with Crippen molar-refractivity contribution in [3.05, 3.63) is 58.9 Å². The minimum atomic E-state index is -0.361.